The first-order valence-electron chi connectivity index (χ1n) is 5.47. The fraction of sp³-hybridized carbons (Fsp3) is 0.154. The van der Waals surface area contributed by atoms with E-state index in [1.54, 1.807) is 25.3 Å². The summed E-state index contributed by atoms with van der Waals surface area (Å²) in [6.07, 6.45) is 1.56. The van der Waals surface area contributed by atoms with E-state index in [0.29, 0.717) is 16.7 Å². The van der Waals surface area contributed by atoms with Crippen LogP contribution in [0.15, 0.2) is 35.4 Å². The molecule has 0 aliphatic rings. The van der Waals surface area contributed by atoms with Gasteiger partial charge in [0.2, 0.25) is 10.0 Å². The number of ether oxygens (including phenoxy) is 1. The maximum absolute atomic E-state index is 11.5. The minimum absolute atomic E-state index is 0.0320. The molecule has 0 fully saturated rings. The molecule has 5 nitrogen and oxygen atoms in total. The van der Waals surface area contributed by atoms with Gasteiger partial charge < -0.3 is 4.74 Å². The Hall–Kier alpha value is -2.10. The molecule has 2 N–H and O–H groups in total. The van der Waals surface area contributed by atoms with Crippen LogP contribution in [0.4, 0.5) is 0 Å². The first-order valence-corrected chi connectivity index (χ1v) is 7.01. The largest absolute Gasteiger partial charge is 0.479 e. The molecule has 1 aromatic heterocycles. The molecule has 0 radical (unpaired) electrons. The molecule has 2 rings (SSSR count). The number of aromatic nitrogens is 1. The smallest absolute Gasteiger partial charge is 0.238 e. The van der Waals surface area contributed by atoms with Gasteiger partial charge in [-0.25, -0.2) is 13.6 Å². The number of rotatable bonds is 3. The molecule has 0 unspecified atom stereocenters. The van der Waals surface area contributed by atoms with Gasteiger partial charge in [-0.2, -0.15) is 0 Å². The zero-order chi connectivity index (χ0) is 13.9. The van der Waals surface area contributed by atoms with Crippen molar-refractivity contribution in [2.75, 3.05) is 6.61 Å². The van der Waals surface area contributed by atoms with Crippen molar-refractivity contribution < 1.29 is 13.2 Å². The Bertz CT molecular complexity index is 773. The average Bonchev–Trinajstić information content (AvgIpc) is 2.37. The molecule has 0 amide bonds. The summed E-state index contributed by atoms with van der Waals surface area (Å²) in [5.74, 6) is 5.95. The fourth-order valence-corrected chi connectivity index (χ4v) is 2.40. The van der Waals surface area contributed by atoms with E-state index in [0.717, 1.165) is 0 Å². The molecule has 0 saturated carbocycles. The lowest BCUT2D eigenvalue weighted by atomic mass is 10.2. The van der Waals surface area contributed by atoms with Crippen molar-refractivity contribution in [1.82, 2.24) is 4.98 Å². The maximum atomic E-state index is 11.5. The summed E-state index contributed by atoms with van der Waals surface area (Å²) < 4.78 is 28.5. The van der Waals surface area contributed by atoms with E-state index in [-0.39, 0.29) is 11.5 Å². The van der Waals surface area contributed by atoms with Gasteiger partial charge in [0.05, 0.1) is 4.90 Å². The van der Waals surface area contributed by atoms with Crippen LogP contribution in [-0.4, -0.2) is 20.0 Å². The van der Waals surface area contributed by atoms with Crippen LogP contribution in [0, 0.1) is 11.8 Å². The third-order valence-electron chi connectivity index (χ3n) is 2.48. The van der Waals surface area contributed by atoms with Crippen molar-refractivity contribution in [3.05, 3.63) is 30.5 Å². The second-order valence-corrected chi connectivity index (χ2v) is 5.25. The normalized spacial score (nSPS) is 10.8. The third kappa shape index (κ3) is 2.84. The summed E-state index contributed by atoms with van der Waals surface area (Å²) in [7, 11) is -3.79. The van der Waals surface area contributed by atoms with Gasteiger partial charge in [0.1, 0.15) is 17.9 Å². The first-order chi connectivity index (χ1) is 9.04. The molecular weight excluding hydrogens is 264 g/mol. The van der Waals surface area contributed by atoms with Gasteiger partial charge in [-0.1, -0.05) is 5.92 Å². The Morgan fingerprint density at radius 3 is 2.84 bits per heavy atom. The summed E-state index contributed by atoms with van der Waals surface area (Å²) in [4.78, 5) is 4.17. The lowest BCUT2D eigenvalue weighted by molar-refractivity contribution is 0.373. The first kappa shape index (κ1) is 13.3. The third-order valence-corrected chi connectivity index (χ3v) is 3.44. The number of nitrogens with zero attached hydrogens (tertiary/aromatic N) is 1. The quantitative estimate of drug-likeness (QED) is 0.856. The summed E-state index contributed by atoms with van der Waals surface area (Å²) in [6.45, 7) is 1.93. The molecule has 0 saturated heterocycles. The number of primary sulfonamides is 1. The van der Waals surface area contributed by atoms with E-state index in [9.17, 15) is 8.42 Å². The standard InChI is InChI=1S/C13H12N2O3S/c1-2-3-9-18-11-6-7-12(19(14,16)17)10-5-4-8-15-13(10)11/h4-8H,9H2,1H3,(H2,14,16,17). The molecule has 0 atom stereocenters. The summed E-state index contributed by atoms with van der Waals surface area (Å²) in [5, 5.41) is 5.61. The monoisotopic (exact) mass is 276 g/mol. The van der Waals surface area contributed by atoms with Crippen LogP contribution in [0.3, 0.4) is 0 Å². The molecule has 0 aliphatic heterocycles. The number of hydrogen-bond acceptors (Lipinski definition) is 4. The highest BCUT2D eigenvalue weighted by atomic mass is 32.2. The van der Waals surface area contributed by atoms with Crippen molar-refractivity contribution in [3.63, 3.8) is 0 Å². The molecule has 0 spiro atoms. The average molecular weight is 276 g/mol. The van der Waals surface area contributed by atoms with Gasteiger partial charge in [-0.3, -0.25) is 4.98 Å². The molecule has 0 bridgehead atoms. The Morgan fingerprint density at radius 2 is 2.16 bits per heavy atom. The molecule has 6 heteroatoms. The number of sulfonamides is 1. The summed E-state index contributed by atoms with van der Waals surface area (Å²) in [5.41, 5.74) is 0.451. The van der Waals surface area contributed by atoms with Crippen molar-refractivity contribution in [1.29, 1.82) is 0 Å². The van der Waals surface area contributed by atoms with Crippen LogP contribution in [0.2, 0.25) is 0 Å². The molecule has 98 valence electrons. The molecule has 1 heterocycles. The van der Waals surface area contributed by atoms with E-state index in [1.165, 1.54) is 12.1 Å². The summed E-state index contributed by atoms with van der Waals surface area (Å²) >= 11 is 0. The van der Waals surface area contributed by atoms with Crippen molar-refractivity contribution in [2.45, 2.75) is 11.8 Å². The zero-order valence-corrected chi connectivity index (χ0v) is 11.1. The van der Waals surface area contributed by atoms with Crippen LogP contribution in [-0.2, 0) is 10.0 Å². The van der Waals surface area contributed by atoms with Crippen molar-refractivity contribution in [3.8, 4) is 17.6 Å². The lowest BCUT2D eigenvalue weighted by Gasteiger charge is -2.08. The number of pyridine rings is 1. The van der Waals surface area contributed by atoms with Crippen molar-refractivity contribution >= 4 is 20.9 Å². The van der Waals surface area contributed by atoms with Gasteiger partial charge in [0, 0.05) is 11.6 Å². The summed E-state index contributed by atoms with van der Waals surface area (Å²) in [6, 6.07) is 6.23. The Morgan fingerprint density at radius 1 is 1.37 bits per heavy atom. The zero-order valence-electron chi connectivity index (χ0n) is 10.3. The number of hydrogen-bond donors (Lipinski definition) is 1. The molecule has 0 aliphatic carbocycles. The second-order valence-electron chi connectivity index (χ2n) is 3.72. The predicted octanol–water partition coefficient (Wildman–Crippen LogP) is 1.28. The number of benzene rings is 1. The van der Waals surface area contributed by atoms with Gasteiger partial charge in [-0.05, 0) is 31.2 Å². The van der Waals surface area contributed by atoms with Gasteiger partial charge in [-0.15, -0.1) is 5.92 Å². The SMILES string of the molecule is CC#CCOc1ccc(S(N)(=O)=O)c2cccnc12. The molecule has 1 aromatic carbocycles. The van der Waals surface area contributed by atoms with Crippen molar-refractivity contribution in [2.24, 2.45) is 5.14 Å². The van der Waals surface area contributed by atoms with E-state index in [1.807, 2.05) is 0 Å². The van der Waals surface area contributed by atoms with Crippen LogP contribution in [0.25, 0.3) is 10.9 Å². The number of nitrogens with two attached hydrogens (primary N) is 1. The highest BCUT2D eigenvalue weighted by molar-refractivity contribution is 7.89. The fourth-order valence-electron chi connectivity index (χ4n) is 1.67. The van der Waals surface area contributed by atoms with E-state index in [2.05, 4.69) is 16.8 Å². The second kappa shape index (κ2) is 5.26. The van der Waals surface area contributed by atoms with E-state index in [4.69, 9.17) is 9.88 Å². The van der Waals surface area contributed by atoms with Crippen LogP contribution in [0.5, 0.6) is 5.75 Å². The van der Waals surface area contributed by atoms with E-state index >= 15 is 0 Å². The van der Waals surface area contributed by atoms with Crippen LogP contribution < -0.4 is 9.88 Å². The van der Waals surface area contributed by atoms with Crippen LogP contribution >= 0.6 is 0 Å². The van der Waals surface area contributed by atoms with Crippen LogP contribution in [0.1, 0.15) is 6.92 Å². The highest BCUT2D eigenvalue weighted by Crippen LogP contribution is 2.28. The van der Waals surface area contributed by atoms with E-state index < -0.39 is 10.0 Å². The Balaban J connectivity index is 2.61. The van der Waals surface area contributed by atoms with Gasteiger partial charge >= 0.3 is 0 Å². The minimum Gasteiger partial charge on any atom is -0.479 e. The van der Waals surface area contributed by atoms with Gasteiger partial charge in [0.25, 0.3) is 0 Å². The Labute approximate surface area is 111 Å². The highest BCUT2D eigenvalue weighted by Gasteiger charge is 2.15. The molecular formula is C13H12N2O3S. The molecule has 2 aromatic rings. The molecule has 19 heavy (non-hydrogen) atoms. The lowest BCUT2D eigenvalue weighted by Crippen LogP contribution is -2.13. The Kier molecular flexibility index (Phi) is 3.69. The topological polar surface area (TPSA) is 82.3 Å². The van der Waals surface area contributed by atoms with Gasteiger partial charge in [0.15, 0.2) is 0 Å². The maximum Gasteiger partial charge on any atom is 0.238 e. The number of fused-ring (bicyclic) bond motifs is 1. The minimum atomic E-state index is -3.79. The predicted molar refractivity (Wildman–Crippen MR) is 72.1 cm³/mol.